The quantitative estimate of drug-likeness (QED) is 0.357. The first-order valence-electron chi connectivity index (χ1n) is 3.19. The maximum absolute atomic E-state index is 10.5. The van der Waals surface area contributed by atoms with E-state index in [1.54, 1.807) is 0 Å². The summed E-state index contributed by atoms with van der Waals surface area (Å²) in [5.41, 5.74) is 0. The maximum atomic E-state index is 10.5. The second-order valence-electron chi connectivity index (χ2n) is 2.95. The summed E-state index contributed by atoms with van der Waals surface area (Å²) in [5, 5.41) is 0. The molecule has 2 nitrogen and oxygen atoms in total. The fourth-order valence-corrected chi connectivity index (χ4v) is 1.88. The van der Waals surface area contributed by atoms with Crippen molar-refractivity contribution in [2.75, 3.05) is 0 Å². The van der Waals surface area contributed by atoms with Gasteiger partial charge in [0.1, 0.15) is 0 Å². The average Bonchev–Trinajstić information content (AvgIpc) is 2.40. The van der Waals surface area contributed by atoms with E-state index >= 15 is 0 Å². The molecule has 1 rings (SSSR count). The van der Waals surface area contributed by atoms with Crippen molar-refractivity contribution in [1.29, 1.82) is 0 Å². The Balaban J connectivity index is 0.000000810. The SMILES string of the molecule is CC(C)C1(S(=O)[O-])CC1.[Na+]. The minimum atomic E-state index is -1.84. The number of hydrogen-bond acceptors (Lipinski definition) is 2. The van der Waals surface area contributed by atoms with Crippen LogP contribution in [0.1, 0.15) is 26.7 Å². The second-order valence-corrected chi connectivity index (χ2v) is 4.24. The van der Waals surface area contributed by atoms with Crippen molar-refractivity contribution in [3.05, 3.63) is 0 Å². The standard InChI is InChI=1S/C6H12O2S.Na/c1-5(2)6(3-4-6)9(7)8;/h5H,3-4H2,1-2H3,(H,7,8);/q;+1/p-1. The fraction of sp³-hybridized carbons (Fsp3) is 1.00. The molecule has 1 atom stereocenters. The summed E-state index contributed by atoms with van der Waals surface area (Å²) in [4.78, 5) is 0. The summed E-state index contributed by atoms with van der Waals surface area (Å²) in [6, 6.07) is 0. The molecule has 0 aromatic carbocycles. The predicted octanol–water partition coefficient (Wildman–Crippen LogP) is -1.94. The van der Waals surface area contributed by atoms with Crippen molar-refractivity contribution in [3.8, 4) is 0 Å². The van der Waals surface area contributed by atoms with Gasteiger partial charge in [-0.25, -0.2) is 0 Å². The van der Waals surface area contributed by atoms with E-state index in [0.29, 0.717) is 0 Å². The van der Waals surface area contributed by atoms with E-state index in [2.05, 4.69) is 0 Å². The van der Waals surface area contributed by atoms with Gasteiger partial charge in [0.05, 0.1) is 0 Å². The van der Waals surface area contributed by atoms with Gasteiger partial charge in [-0.2, -0.15) is 0 Å². The van der Waals surface area contributed by atoms with E-state index in [-0.39, 0.29) is 40.2 Å². The van der Waals surface area contributed by atoms with Crippen LogP contribution in [0.4, 0.5) is 0 Å². The molecule has 0 aromatic rings. The Hall–Kier alpha value is 1.11. The molecule has 10 heavy (non-hydrogen) atoms. The van der Waals surface area contributed by atoms with Gasteiger partial charge in [-0.3, -0.25) is 4.21 Å². The van der Waals surface area contributed by atoms with Crippen LogP contribution in [0, 0.1) is 5.92 Å². The molecule has 0 spiro atoms. The van der Waals surface area contributed by atoms with Gasteiger partial charge in [0.25, 0.3) is 0 Å². The van der Waals surface area contributed by atoms with Crippen LogP contribution in [0.3, 0.4) is 0 Å². The molecular weight excluding hydrogens is 159 g/mol. The van der Waals surface area contributed by atoms with E-state index in [4.69, 9.17) is 0 Å². The Morgan fingerprint density at radius 2 is 1.90 bits per heavy atom. The molecular formula is C6H11NaO2S. The molecule has 0 aromatic heterocycles. The zero-order valence-electron chi connectivity index (χ0n) is 6.72. The fourth-order valence-electron chi connectivity index (χ4n) is 1.06. The predicted molar refractivity (Wildman–Crippen MR) is 35.7 cm³/mol. The van der Waals surface area contributed by atoms with E-state index in [1.807, 2.05) is 13.8 Å². The molecule has 0 heterocycles. The first-order chi connectivity index (χ1) is 4.09. The minimum absolute atomic E-state index is 0. The van der Waals surface area contributed by atoms with Crippen molar-refractivity contribution in [2.24, 2.45) is 5.92 Å². The molecule has 1 aliphatic rings. The van der Waals surface area contributed by atoms with Crippen LogP contribution in [0.25, 0.3) is 0 Å². The van der Waals surface area contributed by atoms with Crippen LogP contribution in [0.5, 0.6) is 0 Å². The van der Waals surface area contributed by atoms with Gasteiger partial charge in [0.2, 0.25) is 0 Å². The van der Waals surface area contributed by atoms with Crippen molar-refractivity contribution >= 4 is 11.1 Å². The molecule has 1 saturated carbocycles. The van der Waals surface area contributed by atoms with E-state index < -0.39 is 11.1 Å². The normalized spacial score (nSPS) is 23.6. The largest absolute Gasteiger partial charge is 1.00 e. The molecule has 0 amide bonds. The van der Waals surface area contributed by atoms with Gasteiger partial charge in [0.15, 0.2) is 0 Å². The Morgan fingerprint density at radius 3 is 1.90 bits per heavy atom. The third kappa shape index (κ3) is 1.83. The minimum Gasteiger partial charge on any atom is -0.772 e. The summed E-state index contributed by atoms with van der Waals surface area (Å²) in [6.07, 6.45) is 1.72. The molecule has 0 aliphatic heterocycles. The smallest absolute Gasteiger partial charge is 0.772 e. The van der Waals surface area contributed by atoms with Gasteiger partial charge >= 0.3 is 29.6 Å². The van der Waals surface area contributed by atoms with Gasteiger partial charge in [-0.05, 0) is 29.8 Å². The van der Waals surface area contributed by atoms with Gasteiger partial charge in [-0.1, -0.05) is 13.8 Å². The third-order valence-corrected chi connectivity index (χ3v) is 3.67. The number of hydrogen-bond donors (Lipinski definition) is 0. The van der Waals surface area contributed by atoms with Crippen LogP contribution in [0.15, 0.2) is 0 Å². The summed E-state index contributed by atoms with van der Waals surface area (Å²) in [7, 11) is 0. The van der Waals surface area contributed by atoms with Crippen molar-refractivity contribution in [2.45, 2.75) is 31.4 Å². The molecule has 1 aliphatic carbocycles. The second kappa shape index (κ2) is 3.68. The Labute approximate surface area is 86.3 Å². The molecule has 0 N–H and O–H groups in total. The monoisotopic (exact) mass is 170 g/mol. The van der Waals surface area contributed by atoms with Crippen LogP contribution in [-0.2, 0) is 11.1 Å². The summed E-state index contributed by atoms with van der Waals surface area (Å²) >= 11 is -1.84. The molecule has 0 radical (unpaired) electrons. The zero-order chi connectivity index (χ0) is 7.07. The van der Waals surface area contributed by atoms with Gasteiger partial charge in [-0.15, -0.1) is 0 Å². The topological polar surface area (TPSA) is 40.1 Å². The number of rotatable bonds is 2. The molecule has 1 fully saturated rings. The van der Waals surface area contributed by atoms with Crippen molar-refractivity contribution in [1.82, 2.24) is 0 Å². The van der Waals surface area contributed by atoms with Gasteiger partial charge in [0, 0.05) is 4.75 Å². The van der Waals surface area contributed by atoms with Crippen LogP contribution < -0.4 is 29.6 Å². The molecule has 54 valence electrons. The zero-order valence-corrected chi connectivity index (χ0v) is 9.53. The third-order valence-electron chi connectivity index (χ3n) is 2.13. The summed E-state index contributed by atoms with van der Waals surface area (Å²) < 4.78 is 20.7. The van der Waals surface area contributed by atoms with Crippen LogP contribution in [-0.4, -0.2) is 13.5 Å². The Morgan fingerprint density at radius 1 is 1.50 bits per heavy atom. The van der Waals surface area contributed by atoms with E-state index in [0.717, 1.165) is 12.8 Å². The average molecular weight is 170 g/mol. The molecule has 4 heteroatoms. The molecule has 0 saturated heterocycles. The Bertz CT molecular complexity index is 143. The summed E-state index contributed by atoms with van der Waals surface area (Å²) in [6.45, 7) is 3.92. The first kappa shape index (κ1) is 11.1. The maximum Gasteiger partial charge on any atom is 1.00 e. The Kier molecular flexibility index (Phi) is 4.08. The first-order valence-corrected chi connectivity index (χ1v) is 4.26. The van der Waals surface area contributed by atoms with Crippen LogP contribution >= 0.6 is 0 Å². The molecule has 1 unspecified atom stereocenters. The molecule has 0 bridgehead atoms. The van der Waals surface area contributed by atoms with E-state index in [1.165, 1.54) is 0 Å². The van der Waals surface area contributed by atoms with E-state index in [9.17, 15) is 8.76 Å². The van der Waals surface area contributed by atoms with Crippen molar-refractivity contribution in [3.63, 3.8) is 0 Å². The van der Waals surface area contributed by atoms with Crippen molar-refractivity contribution < 1.29 is 38.3 Å². The van der Waals surface area contributed by atoms with Crippen LogP contribution in [0.2, 0.25) is 0 Å². The van der Waals surface area contributed by atoms with Gasteiger partial charge < -0.3 is 4.55 Å². The summed E-state index contributed by atoms with van der Waals surface area (Å²) in [5.74, 6) is 0.288.